The third-order valence-corrected chi connectivity index (χ3v) is 3.26. The number of carbonyl (C=O) groups excluding carboxylic acids is 1. The van der Waals surface area contributed by atoms with Gasteiger partial charge in [-0.1, -0.05) is 29.3 Å². The Morgan fingerprint density at radius 3 is 2.52 bits per heavy atom. The van der Waals surface area contributed by atoms with Crippen LogP contribution in [0.4, 0.5) is 10.5 Å². The van der Waals surface area contributed by atoms with Gasteiger partial charge in [-0.3, -0.25) is 5.32 Å². The Hall–Kier alpha value is -2.20. The van der Waals surface area contributed by atoms with Gasteiger partial charge < -0.3 is 9.47 Å². The van der Waals surface area contributed by atoms with E-state index in [1.165, 1.54) is 0 Å². The smallest absolute Gasteiger partial charge is 0.417 e. The van der Waals surface area contributed by atoms with Gasteiger partial charge in [-0.15, -0.1) is 0 Å². The molecule has 0 bridgehead atoms. The highest BCUT2D eigenvalue weighted by atomic mass is 35.5. The van der Waals surface area contributed by atoms with Gasteiger partial charge >= 0.3 is 6.09 Å². The maximum atomic E-state index is 11.9. The largest absolute Gasteiger partial charge is 0.497 e. The summed E-state index contributed by atoms with van der Waals surface area (Å²) in [6, 6.07) is 10.6. The molecule has 0 aliphatic heterocycles. The Labute approximate surface area is 128 Å². The number of amides is 1. The van der Waals surface area contributed by atoms with E-state index in [0.29, 0.717) is 16.5 Å². The minimum Gasteiger partial charge on any atom is -0.497 e. The van der Waals surface area contributed by atoms with Gasteiger partial charge in [0.05, 0.1) is 12.1 Å². The van der Waals surface area contributed by atoms with Crippen LogP contribution in [0.5, 0.6) is 11.5 Å². The van der Waals surface area contributed by atoms with Gasteiger partial charge in [-0.05, 0) is 37.6 Å². The maximum Gasteiger partial charge on any atom is 0.417 e. The fourth-order valence-corrected chi connectivity index (χ4v) is 2.09. The summed E-state index contributed by atoms with van der Waals surface area (Å²) in [5.74, 6) is 0.877. The summed E-state index contributed by atoms with van der Waals surface area (Å²) in [5, 5.41) is 3.00. The molecule has 0 aliphatic rings. The van der Waals surface area contributed by atoms with Gasteiger partial charge in [0.1, 0.15) is 5.75 Å². The van der Waals surface area contributed by atoms with Crippen LogP contribution in [0.3, 0.4) is 0 Å². The summed E-state index contributed by atoms with van der Waals surface area (Å²) >= 11 is 6.02. The highest BCUT2D eigenvalue weighted by molar-refractivity contribution is 6.32. The van der Waals surface area contributed by atoms with Crippen molar-refractivity contribution in [2.24, 2.45) is 0 Å². The highest BCUT2D eigenvalue weighted by Crippen LogP contribution is 2.29. The van der Waals surface area contributed by atoms with E-state index in [4.69, 9.17) is 21.1 Å². The number of rotatable bonds is 3. The first-order valence-corrected chi connectivity index (χ1v) is 6.77. The summed E-state index contributed by atoms with van der Waals surface area (Å²) in [6.45, 7) is 3.91. The molecule has 0 heterocycles. The molecule has 0 fully saturated rings. The summed E-state index contributed by atoms with van der Waals surface area (Å²) in [4.78, 5) is 11.9. The van der Waals surface area contributed by atoms with E-state index in [1.54, 1.807) is 25.3 Å². The van der Waals surface area contributed by atoms with Crippen molar-refractivity contribution in [1.29, 1.82) is 0 Å². The van der Waals surface area contributed by atoms with Crippen LogP contribution >= 0.6 is 11.6 Å². The van der Waals surface area contributed by atoms with Gasteiger partial charge in [-0.2, -0.15) is 0 Å². The molecule has 0 aromatic heterocycles. The van der Waals surface area contributed by atoms with Crippen LogP contribution in [-0.4, -0.2) is 13.2 Å². The zero-order chi connectivity index (χ0) is 15.4. The second kappa shape index (κ2) is 6.50. The number of halogens is 1. The first-order valence-electron chi connectivity index (χ1n) is 6.39. The van der Waals surface area contributed by atoms with E-state index in [0.717, 1.165) is 11.1 Å². The lowest BCUT2D eigenvalue weighted by Crippen LogP contribution is -2.17. The molecule has 5 heteroatoms. The van der Waals surface area contributed by atoms with E-state index in [1.807, 2.05) is 32.0 Å². The molecule has 0 atom stereocenters. The lowest BCUT2D eigenvalue weighted by atomic mass is 10.1. The van der Waals surface area contributed by atoms with Crippen molar-refractivity contribution in [2.75, 3.05) is 12.4 Å². The Kier molecular flexibility index (Phi) is 4.70. The molecule has 2 aromatic carbocycles. The molecule has 1 N–H and O–H groups in total. The molecule has 4 nitrogen and oxygen atoms in total. The number of benzene rings is 2. The van der Waals surface area contributed by atoms with Crippen molar-refractivity contribution in [3.8, 4) is 11.5 Å². The first-order chi connectivity index (χ1) is 9.99. The van der Waals surface area contributed by atoms with Crippen LogP contribution < -0.4 is 14.8 Å². The van der Waals surface area contributed by atoms with Gasteiger partial charge in [0, 0.05) is 11.8 Å². The molecule has 0 aliphatic carbocycles. The summed E-state index contributed by atoms with van der Waals surface area (Å²) in [6.07, 6.45) is -0.589. The highest BCUT2D eigenvalue weighted by Gasteiger charge is 2.10. The van der Waals surface area contributed by atoms with Gasteiger partial charge in [0.25, 0.3) is 0 Å². The third-order valence-electron chi connectivity index (χ3n) is 2.96. The van der Waals surface area contributed by atoms with Gasteiger partial charge in [0.15, 0.2) is 5.75 Å². The lowest BCUT2D eigenvalue weighted by molar-refractivity contribution is 0.215. The monoisotopic (exact) mass is 305 g/mol. The molecule has 0 saturated carbocycles. The second-order valence-corrected chi connectivity index (χ2v) is 5.04. The van der Waals surface area contributed by atoms with E-state index < -0.39 is 6.09 Å². The third kappa shape index (κ3) is 3.89. The molecular weight excluding hydrogens is 290 g/mol. The molecule has 1 amide bonds. The predicted molar refractivity (Wildman–Crippen MR) is 83.6 cm³/mol. The van der Waals surface area contributed by atoms with Crippen LogP contribution in [0.25, 0.3) is 0 Å². The quantitative estimate of drug-likeness (QED) is 0.903. The van der Waals surface area contributed by atoms with Crippen LogP contribution in [0.15, 0.2) is 36.4 Å². The zero-order valence-electron chi connectivity index (χ0n) is 12.1. The van der Waals surface area contributed by atoms with E-state index in [9.17, 15) is 4.79 Å². The van der Waals surface area contributed by atoms with Crippen LogP contribution in [0.2, 0.25) is 5.02 Å². The number of hydrogen-bond donors (Lipinski definition) is 1. The number of hydrogen-bond acceptors (Lipinski definition) is 3. The van der Waals surface area contributed by atoms with Crippen LogP contribution in [0, 0.1) is 13.8 Å². The predicted octanol–water partition coefficient (Wildman–Crippen LogP) is 4.58. The number of methoxy groups -OCH3 is 1. The van der Waals surface area contributed by atoms with Crippen molar-refractivity contribution in [3.05, 3.63) is 52.5 Å². The fraction of sp³-hybridized carbons (Fsp3) is 0.188. The molecule has 2 rings (SSSR count). The van der Waals surface area contributed by atoms with Crippen molar-refractivity contribution < 1.29 is 14.3 Å². The maximum absolute atomic E-state index is 11.9. The minimum atomic E-state index is -0.589. The standard InChI is InChI=1S/C16H16ClNO3/c1-10-4-6-14(11(2)8-10)18-16(19)21-15-7-5-12(20-3)9-13(15)17/h4-9H,1-3H3,(H,18,19). The lowest BCUT2D eigenvalue weighted by Gasteiger charge is -2.11. The molecule has 21 heavy (non-hydrogen) atoms. The summed E-state index contributed by atoms with van der Waals surface area (Å²) in [5.41, 5.74) is 2.80. The number of aryl methyl sites for hydroxylation is 2. The van der Waals surface area contributed by atoms with Gasteiger partial charge in [-0.25, -0.2) is 4.79 Å². The van der Waals surface area contributed by atoms with Gasteiger partial charge in [0.2, 0.25) is 0 Å². The number of carbonyl (C=O) groups is 1. The Balaban J connectivity index is 2.08. The molecule has 0 saturated heterocycles. The fourth-order valence-electron chi connectivity index (χ4n) is 1.88. The summed E-state index contributed by atoms with van der Waals surface area (Å²) in [7, 11) is 1.54. The number of anilines is 1. The number of ether oxygens (including phenoxy) is 2. The number of nitrogens with one attached hydrogen (secondary N) is 1. The van der Waals surface area contributed by atoms with E-state index >= 15 is 0 Å². The minimum absolute atomic E-state index is 0.278. The topological polar surface area (TPSA) is 47.6 Å². The average Bonchev–Trinajstić information content (AvgIpc) is 2.44. The molecule has 110 valence electrons. The van der Waals surface area contributed by atoms with Crippen molar-refractivity contribution >= 4 is 23.4 Å². The Morgan fingerprint density at radius 1 is 1.14 bits per heavy atom. The normalized spacial score (nSPS) is 10.1. The van der Waals surface area contributed by atoms with Crippen molar-refractivity contribution in [3.63, 3.8) is 0 Å². The van der Waals surface area contributed by atoms with Crippen molar-refractivity contribution in [1.82, 2.24) is 0 Å². The summed E-state index contributed by atoms with van der Waals surface area (Å²) < 4.78 is 10.2. The van der Waals surface area contributed by atoms with Crippen LogP contribution in [-0.2, 0) is 0 Å². The molecule has 0 unspecified atom stereocenters. The van der Waals surface area contributed by atoms with Crippen LogP contribution in [0.1, 0.15) is 11.1 Å². The SMILES string of the molecule is COc1ccc(OC(=O)Nc2ccc(C)cc2C)c(Cl)c1. The molecule has 0 radical (unpaired) electrons. The Morgan fingerprint density at radius 2 is 1.90 bits per heavy atom. The van der Waals surface area contributed by atoms with Crippen molar-refractivity contribution in [2.45, 2.75) is 13.8 Å². The zero-order valence-corrected chi connectivity index (χ0v) is 12.8. The average molecular weight is 306 g/mol. The second-order valence-electron chi connectivity index (χ2n) is 4.63. The first kappa shape index (κ1) is 15.2. The molecule has 0 spiro atoms. The van der Waals surface area contributed by atoms with E-state index in [2.05, 4.69) is 5.32 Å². The molecule has 2 aromatic rings. The molecular formula is C16H16ClNO3. The Bertz CT molecular complexity index is 671. The van der Waals surface area contributed by atoms with E-state index in [-0.39, 0.29) is 5.75 Å².